The van der Waals surface area contributed by atoms with Gasteiger partial charge in [0.05, 0.1) is 20.6 Å². The minimum absolute atomic E-state index is 0.102. The molecule has 0 spiro atoms. The van der Waals surface area contributed by atoms with Gasteiger partial charge in [0, 0.05) is 18.5 Å². The van der Waals surface area contributed by atoms with Crippen molar-refractivity contribution in [1.82, 2.24) is 5.32 Å². The van der Waals surface area contributed by atoms with Crippen molar-refractivity contribution in [3.05, 3.63) is 12.2 Å². The maximum Gasteiger partial charge on any atom is 0.347 e. The standard InChI is InChI=1S/C9H18N2O/c1-8(2)9(12)10-6-5-7-11(3)4/h1,5-7H2,2-4H3,(H,10,12)/p+1/i/hD. The third-order valence-corrected chi connectivity index (χ3v) is 1.46. The molecule has 0 bridgehead atoms. The minimum Gasteiger partial charge on any atom is -0.352 e. The number of amides is 1. The highest BCUT2D eigenvalue weighted by atomic mass is 16.1. The Kier molecular flexibility index (Phi) is 4.46. The maximum absolute atomic E-state index is 11.0. The van der Waals surface area contributed by atoms with Crippen molar-refractivity contribution in [2.75, 3.05) is 27.2 Å². The van der Waals surface area contributed by atoms with Crippen molar-refractivity contribution in [3.8, 4) is 0 Å². The van der Waals surface area contributed by atoms with Gasteiger partial charge in [-0.05, 0) is 6.92 Å². The summed E-state index contributed by atoms with van der Waals surface area (Å²) in [5.74, 6) is -0.102. The van der Waals surface area contributed by atoms with Gasteiger partial charge in [-0.1, -0.05) is 6.58 Å². The fourth-order valence-corrected chi connectivity index (χ4v) is 0.748. The lowest BCUT2D eigenvalue weighted by Crippen LogP contribution is -3.05. The van der Waals surface area contributed by atoms with Crippen LogP contribution in [0.5, 0.6) is 0 Å². The molecule has 1 amide bonds. The van der Waals surface area contributed by atoms with Crippen molar-refractivity contribution < 1.29 is 11.1 Å². The molecule has 0 aromatic carbocycles. The van der Waals surface area contributed by atoms with E-state index in [0.29, 0.717) is 12.1 Å². The topological polar surface area (TPSA) is 33.5 Å². The highest BCUT2D eigenvalue weighted by Crippen LogP contribution is 1.84. The summed E-state index contributed by atoms with van der Waals surface area (Å²) in [6, 6.07) is 0. The Morgan fingerprint density at radius 1 is 1.67 bits per heavy atom. The molecule has 0 aromatic rings. The first-order valence-electron chi connectivity index (χ1n) is 4.57. The van der Waals surface area contributed by atoms with Crippen LogP contribution in [-0.2, 0) is 4.79 Å². The molecule has 3 nitrogen and oxygen atoms in total. The van der Waals surface area contributed by atoms with Crippen LogP contribution in [0.25, 0.3) is 0 Å². The Morgan fingerprint density at radius 3 is 2.67 bits per heavy atom. The zero-order valence-electron chi connectivity index (χ0n) is 9.18. The lowest BCUT2D eigenvalue weighted by Gasteiger charge is -2.07. The molecule has 70 valence electrons. The van der Waals surface area contributed by atoms with Gasteiger partial charge in [-0.3, -0.25) is 4.79 Å². The normalized spacial score (nSPS) is 12.1. The van der Waals surface area contributed by atoms with Gasteiger partial charge in [0.15, 0.2) is 0 Å². The number of nitrogens with one attached hydrogen (secondary N) is 2. The molecule has 0 radical (unpaired) electrons. The predicted molar refractivity (Wildman–Crippen MR) is 50.1 cm³/mol. The van der Waals surface area contributed by atoms with Crippen molar-refractivity contribution in [3.63, 3.8) is 0 Å². The van der Waals surface area contributed by atoms with Crippen LogP contribution in [0.15, 0.2) is 12.2 Å². The van der Waals surface area contributed by atoms with Crippen molar-refractivity contribution in [2.24, 2.45) is 0 Å². The molecule has 12 heavy (non-hydrogen) atoms. The molecular weight excluding hydrogens is 152 g/mol. The van der Waals surface area contributed by atoms with E-state index in [1.165, 1.54) is 0 Å². The van der Waals surface area contributed by atoms with Gasteiger partial charge in [-0.15, -0.1) is 0 Å². The van der Waals surface area contributed by atoms with Gasteiger partial charge in [-0.2, -0.15) is 0 Å². The summed E-state index contributed by atoms with van der Waals surface area (Å²) < 4.78 is 7.51. The fourth-order valence-electron chi connectivity index (χ4n) is 0.748. The van der Waals surface area contributed by atoms with Crippen LogP contribution in [-0.4, -0.2) is 33.1 Å². The number of carbonyl (C=O) groups is 1. The summed E-state index contributed by atoms with van der Waals surface area (Å²) >= 11 is 0. The first-order valence-corrected chi connectivity index (χ1v) is 4.12. The molecule has 0 aliphatic rings. The maximum atomic E-state index is 11.0. The first kappa shape index (κ1) is 9.26. The van der Waals surface area contributed by atoms with Gasteiger partial charge in [0.2, 0.25) is 5.91 Å². The summed E-state index contributed by atoms with van der Waals surface area (Å²) in [4.78, 5) is 11.2. The molecule has 0 atom stereocenters. The molecule has 0 heterocycles. The van der Waals surface area contributed by atoms with E-state index in [1.54, 1.807) is 21.0 Å². The first-order chi connectivity index (χ1) is 5.83. The van der Waals surface area contributed by atoms with E-state index in [0.717, 1.165) is 13.0 Å². The van der Waals surface area contributed by atoms with E-state index in [4.69, 9.17) is 1.41 Å². The van der Waals surface area contributed by atoms with E-state index in [2.05, 4.69) is 11.9 Å². The quantitative estimate of drug-likeness (QED) is 0.414. The molecule has 0 fully saturated rings. The second-order valence-corrected chi connectivity index (χ2v) is 3.19. The summed E-state index contributed by atoms with van der Waals surface area (Å²) in [5, 5.41) is 2.72. The molecule has 0 saturated carbocycles. The third kappa shape index (κ3) is 5.92. The fraction of sp³-hybridized carbons (Fsp3) is 0.667. The largest absolute Gasteiger partial charge is 0.352 e. The molecule has 0 aliphatic heterocycles. The van der Waals surface area contributed by atoms with E-state index >= 15 is 0 Å². The highest BCUT2D eigenvalue weighted by molar-refractivity contribution is 5.91. The lowest BCUT2D eigenvalue weighted by atomic mass is 10.3. The van der Waals surface area contributed by atoms with E-state index < -0.39 is 0 Å². The van der Waals surface area contributed by atoms with E-state index in [9.17, 15) is 4.79 Å². The SMILES string of the molecule is [2H][N+](C)(C)CCCNC(=O)C(=C)C. The molecule has 0 unspecified atom stereocenters. The second-order valence-electron chi connectivity index (χ2n) is 3.19. The summed E-state index contributed by atoms with van der Waals surface area (Å²) in [7, 11) is 3.61. The van der Waals surface area contributed by atoms with Gasteiger partial charge in [0.1, 0.15) is 0 Å². The monoisotopic (exact) mass is 172 g/mol. The number of carbonyl (C=O) groups excluding carboxylic acids is 1. The third-order valence-electron chi connectivity index (χ3n) is 1.46. The smallest absolute Gasteiger partial charge is 0.347 e. The molecule has 2 N–H and O–H groups in total. The number of quaternary nitrogens is 1. The van der Waals surface area contributed by atoms with Crippen LogP contribution >= 0.6 is 0 Å². The zero-order valence-corrected chi connectivity index (χ0v) is 8.18. The van der Waals surface area contributed by atoms with Crippen LogP contribution in [0, 0.1) is 0 Å². The average molecular weight is 172 g/mol. The van der Waals surface area contributed by atoms with E-state index in [1.807, 2.05) is 0 Å². The highest BCUT2D eigenvalue weighted by Gasteiger charge is 2.00. The van der Waals surface area contributed by atoms with Gasteiger partial charge >= 0.3 is 1.41 Å². The van der Waals surface area contributed by atoms with Gasteiger partial charge in [-0.25, -0.2) is 0 Å². The van der Waals surface area contributed by atoms with Crippen LogP contribution < -0.4 is 10.2 Å². The molecule has 0 saturated heterocycles. The van der Waals surface area contributed by atoms with Crippen LogP contribution in [0.4, 0.5) is 0 Å². The van der Waals surface area contributed by atoms with Crippen molar-refractivity contribution in [1.29, 1.82) is 0 Å². The number of rotatable bonds is 5. The molecule has 0 rings (SSSR count). The van der Waals surface area contributed by atoms with Crippen molar-refractivity contribution >= 4 is 5.91 Å². The second kappa shape index (κ2) is 5.77. The molecule has 3 heteroatoms. The Labute approximate surface area is 75.9 Å². The van der Waals surface area contributed by atoms with Crippen LogP contribution in [0.1, 0.15) is 13.3 Å². The molecule has 0 aliphatic carbocycles. The van der Waals surface area contributed by atoms with Gasteiger partial charge < -0.3 is 10.2 Å². The average Bonchev–Trinajstić information content (AvgIpc) is 1.95. The number of hydrogen-bond donors (Lipinski definition) is 2. The minimum atomic E-state index is -0.102. The molecule has 0 aromatic heterocycles. The van der Waals surface area contributed by atoms with Crippen LogP contribution in [0.3, 0.4) is 0 Å². The lowest BCUT2D eigenvalue weighted by molar-refractivity contribution is -0.858. The van der Waals surface area contributed by atoms with Gasteiger partial charge in [0.25, 0.3) is 0 Å². The summed E-state index contributed by atoms with van der Waals surface area (Å²) in [5.41, 5.74) is 0.527. The predicted octanol–water partition coefficient (Wildman–Crippen LogP) is -0.787. The Balaban J connectivity index is 3.47. The van der Waals surface area contributed by atoms with Crippen molar-refractivity contribution in [2.45, 2.75) is 13.3 Å². The summed E-state index contributed by atoms with van der Waals surface area (Å²) in [6.45, 7) is 6.56. The zero-order chi connectivity index (χ0) is 10.5. The Morgan fingerprint density at radius 2 is 2.25 bits per heavy atom. The van der Waals surface area contributed by atoms with Crippen LogP contribution in [0.2, 0.25) is 1.41 Å². The number of hydrogen-bond acceptors (Lipinski definition) is 1. The summed E-state index contributed by atoms with van der Waals surface area (Å²) in [6.07, 6.45) is 0.815. The molecular formula is C9H19N2O+. The Bertz CT molecular complexity index is 196. The Hall–Kier alpha value is -0.830. The van der Waals surface area contributed by atoms with E-state index in [-0.39, 0.29) is 10.8 Å².